The van der Waals surface area contributed by atoms with Gasteiger partial charge in [-0.2, -0.15) is 0 Å². The van der Waals surface area contributed by atoms with E-state index in [1.807, 2.05) is 0 Å². The zero-order valence-corrected chi connectivity index (χ0v) is 31.5. The Morgan fingerprint density at radius 1 is 0.203 bits per heavy atom. The molecule has 0 aliphatic heterocycles. The molecular formula is C42H15BF20S. The van der Waals surface area contributed by atoms with Crippen LogP contribution in [0.2, 0.25) is 0 Å². The van der Waals surface area contributed by atoms with Gasteiger partial charge in [0.05, 0.1) is 10.9 Å². The van der Waals surface area contributed by atoms with Gasteiger partial charge in [-0.3, -0.25) is 0 Å². The topological polar surface area (TPSA) is 0 Å². The predicted molar refractivity (Wildman–Crippen MR) is 191 cm³/mol. The third-order valence-electron chi connectivity index (χ3n) is 9.64. The molecule has 0 fully saturated rings. The van der Waals surface area contributed by atoms with Gasteiger partial charge in [0.1, 0.15) is 52.7 Å². The lowest BCUT2D eigenvalue weighted by molar-refractivity contribution is 0.378. The Balaban J connectivity index is 0.000000295. The maximum Gasteiger partial charge on any atom is 0.200 e. The van der Waals surface area contributed by atoms with Crippen LogP contribution in [-0.4, -0.2) is 6.15 Å². The molecule has 64 heavy (non-hydrogen) atoms. The second-order valence-electron chi connectivity index (χ2n) is 13.0. The lowest BCUT2D eigenvalue weighted by atomic mass is 9.12. The summed E-state index contributed by atoms with van der Waals surface area (Å²) in [6.07, 6.45) is -7.22. The molecule has 7 aromatic carbocycles. The molecule has 0 radical (unpaired) electrons. The van der Waals surface area contributed by atoms with Gasteiger partial charge in [-0.05, 0) is 36.4 Å². The van der Waals surface area contributed by atoms with Crippen LogP contribution in [0.1, 0.15) is 0 Å². The highest BCUT2D eigenvalue weighted by atomic mass is 32.2. The fraction of sp³-hybridized carbons (Fsp3) is 0. The molecule has 0 bridgehead atoms. The minimum atomic E-state index is -7.22. The van der Waals surface area contributed by atoms with Gasteiger partial charge in [0.15, 0.2) is 84.5 Å². The monoisotopic (exact) mass is 942 g/mol. The van der Waals surface area contributed by atoms with Crippen molar-refractivity contribution in [3.8, 4) is 0 Å². The zero-order valence-electron chi connectivity index (χ0n) is 30.7. The van der Waals surface area contributed by atoms with Crippen LogP contribution in [0.5, 0.6) is 0 Å². The first kappa shape index (κ1) is 47.0. The molecular weight excluding hydrogens is 927 g/mol. The van der Waals surface area contributed by atoms with Gasteiger partial charge in [0, 0.05) is 0 Å². The number of rotatable bonds is 7. The van der Waals surface area contributed by atoms with E-state index in [-0.39, 0.29) is 10.9 Å². The average molecular weight is 942 g/mol. The molecule has 0 aliphatic rings. The summed E-state index contributed by atoms with van der Waals surface area (Å²) in [5.74, 6) is -71.4. The van der Waals surface area contributed by atoms with E-state index in [0.717, 1.165) is 0 Å². The van der Waals surface area contributed by atoms with Gasteiger partial charge >= 0.3 is 0 Å². The lowest BCUT2D eigenvalue weighted by Gasteiger charge is -2.44. The quantitative estimate of drug-likeness (QED) is 0.0491. The van der Waals surface area contributed by atoms with Crippen LogP contribution in [0.15, 0.2) is 106 Å². The summed E-state index contributed by atoms with van der Waals surface area (Å²) in [7, 11) is -0.0146. The first-order chi connectivity index (χ1) is 30.2. The fourth-order valence-electron chi connectivity index (χ4n) is 6.95. The summed E-state index contributed by atoms with van der Waals surface area (Å²) in [5, 5.41) is 0. The highest BCUT2D eigenvalue weighted by Crippen LogP contribution is 2.32. The molecule has 332 valence electrons. The maximum absolute atomic E-state index is 15.4. The van der Waals surface area contributed by atoms with E-state index in [4.69, 9.17) is 0 Å². The molecule has 0 heterocycles. The number of benzene rings is 7. The highest BCUT2D eigenvalue weighted by Gasteiger charge is 2.52. The summed E-state index contributed by atoms with van der Waals surface area (Å²) in [5.41, 5.74) is -14.3. The van der Waals surface area contributed by atoms with E-state index in [2.05, 4.69) is 91.0 Å². The van der Waals surface area contributed by atoms with Gasteiger partial charge in [-0.15, -0.1) is 21.9 Å². The van der Waals surface area contributed by atoms with E-state index in [1.165, 1.54) is 14.7 Å². The first-order valence-electron chi connectivity index (χ1n) is 17.3. The van der Waals surface area contributed by atoms with Crippen LogP contribution in [0.3, 0.4) is 0 Å². The number of hydrogen-bond acceptors (Lipinski definition) is 0. The first-order valence-corrected chi connectivity index (χ1v) is 18.5. The summed E-state index contributed by atoms with van der Waals surface area (Å²) in [6, 6.07) is 32.2. The summed E-state index contributed by atoms with van der Waals surface area (Å²) in [6.45, 7) is 0. The van der Waals surface area contributed by atoms with Crippen molar-refractivity contribution >= 4 is 38.9 Å². The van der Waals surface area contributed by atoms with Crippen molar-refractivity contribution in [3.05, 3.63) is 207 Å². The van der Waals surface area contributed by atoms with Crippen molar-refractivity contribution < 1.29 is 87.8 Å². The van der Waals surface area contributed by atoms with Gasteiger partial charge < -0.3 is 0 Å². The average Bonchev–Trinajstić information content (AvgIpc) is 3.30. The number of halogens is 20. The maximum atomic E-state index is 15.4. The SMILES string of the molecule is Fc1c(F)c(F)c([B-](c2c(F)c(F)c(F)c(F)c2F)(c2c(F)c(F)c(F)c(F)c2F)c2c(F)c(F)c(F)c(F)c2F)c(F)c1F.c1ccc([S+](c2ccccc2)c2ccccc2)cc1. The minimum Gasteiger partial charge on any atom is -0.207 e. The Kier molecular flexibility index (Phi) is 13.2. The standard InChI is InChI=1S/C24BF20.C18H15S/c26-5-1(6(27)14(35)21(42)13(5)34)25(2-7(28)15(36)22(43)16(37)8(2)29,3-9(30)17(38)23(44)18(39)10(3)31)4-11(32)19(40)24(45)20(41)12(4)33;1-4-10-16(11-5-1)19(17-12-6-2-7-13-17)18-14-8-3-9-15-18/h;1-15H/q-1;+1. The van der Waals surface area contributed by atoms with Crippen LogP contribution in [0, 0.1) is 116 Å². The second kappa shape index (κ2) is 18.0. The Labute approximate surface area is 348 Å². The van der Waals surface area contributed by atoms with Crippen molar-refractivity contribution in [1.82, 2.24) is 0 Å². The van der Waals surface area contributed by atoms with Gasteiger partial charge in [0.2, 0.25) is 0 Å². The van der Waals surface area contributed by atoms with E-state index in [1.54, 1.807) is 0 Å². The van der Waals surface area contributed by atoms with E-state index in [9.17, 15) is 52.7 Å². The molecule has 0 nitrogen and oxygen atoms in total. The smallest absolute Gasteiger partial charge is 0.200 e. The van der Waals surface area contributed by atoms with Crippen molar-refractivity contribution in [2.45, 2.75) is 14.7 Å². The second-order valence-corrected chi connectivity index (χ2v) is 15.1. The van der Waals surface area contributed by atoms with E-state index >= 15 is 35.1 Å². The van der Waals surface area contributed by atoms with Gasteiger partial charge in [-0.25, -0.2) is 87.8 Å². The largest absolute Gasteiger partial charge is 0.207 e. The molecule has 0 unspecified atom stereocenters. The Morgan fingerprint density at radius 3 is 0.500 bits per heavy atom. The van der Waals surface area contributed by atoms with Crippen molar-refractivity contribution in [2.24, 2.45) is 0 Å². The van der Waals surface area contributed by atoms with Crippen molar-refractivity contribution in [3.63, 3.8) is 0 Å². The van der Waals surface area contributed by atoms with Gasteiger partial charge in [0.25, 0.3) is 0 Å². The molecule has 0 saturated heterocycles. The lowest BCUT2D eigenvalue weighted by Crippen LogP contribution is -2.81. The van der Waals surface area contributed by atoms with Gasteiger partial charge in [-0.1, -0.05) is 54.6 Å². The van der Waals surface area contributed by atoms with Crippen molar-refractivity contribution in [1.29, 1.82) is 0 Å². The van der Waals surface area contributed by atoms with E-state index < -0.39 is 144 Å². The van der Waals surface area contributed by atoms with Crippen molar-refractivity contribution in [2.75, 3.05) is 0 Å². The molecule has 7 rings (SSSR count). The highest BCUT2D eigenvalue weighted by molar-refractivity contribution is 7.97. The fourth-order valence-corrected chi connectivity index (χ4v) is 9.06. The zero-order chi connectivity index (χ0) is 47.3. The number of hydrogen-bond donors (Lipinski definition) is 0. The summed E-state index contributed by atoms with van der Waals surface area (Å²) >= 11 is 0. The molecule has 0 atom stereocenters. The Hall–Kier alpha value is -6.45. The molecule has 0 saturated carbocycles. The third kappa shape index (κ3) is 7.39. The normalized spacial score (nSPS) is 11.6. The molecule has 0 aromatic heterocycles. The predicted octanol–water partition coefficient (Wildman–Crippen LogP) is 10.6. The molecule has 0 N–H and O–H groups in total. The molecule has 0 spiro atoms. The Morgan fingerprint density at radius 2 is 0.344 bits per heavy atom. The summed E-state index contributed by atoms with van der Waals surface area (Å²) < 4.78 is 294. The molecule has 0 amide bonds. The van der Waals surface area contributed by atoms with E-state index in [0.29, 0.717) is 0 Å². The van der Waals surface area contributed by atoms with Crippen LogP contribution >= 0.6 is 0 Å². The molecule has 22 heteroatoms. The van der Waals surface area contributed by atoms with Crippen LogP contribution in [0.4, 0.5) is 87.8 Å². The van der Waals surface area contributed by atoms with Crippen LogP contribution in [0.25, 0.3) is 0 Å². The van der Waals surface area contributed by atoms with Crippen LogP contribution < -0.4 is 21.9 Å². The Bertz CT molecular complexity index is 2460. The third-order valence-corrected chi connectivity index (χ3v) is 11.9. The molecule has 7 aromatic rings. The minimum absolute atomic E-state index is 0.0146. The summed E-state index contributed by atoms with van der Waals surface area (Å²) in [4.78, 5) is 4.08. The molecule has 0 aliphatic carbocycles. The van der Waals surface area contributed by atoms with Crippen LogP contribution in [-0.2, 0) is 10.9 Å².